The van der Waals surface area contributed by atoms with Gasteiger partial charge in [0, 0.05) is 11.4 Å². The lowest BCUT2D eigenvalue weighted by atomic mass is 10.2. The number of nitrogens with one attached hydrogen (secondary N) is 1. The highest BCUT2D eigenvalue weighted by Gasteiger charge is 2.09. The molecule has 0 aliphatic heterocycles. The summed E-state index contributed by atoms with van der Waals surface area (Å²) in [7, 11) is 0. The van der Waals surface area contributed by atoms with Gasteiger partial charge in [-0.1, -0.05) is 19.8 Å². The van der Waals surface area contributed by atoms with Gasteiger partial charge in [0.1, 0.15) is 10.6 Å². The Morgan fingerprint density at radius 3 is 2.81 bits per heavy atom. The van der Waals surface area contributed by atoms with Crippen molar-refractivity contribution < 1.29 is 0 Å². The van der Waals surface area contributed by atoms with Gasteiger partial charge in [0.2, 0.25) is 5.95 Å². The molecule has 21 heavy (non-hydrogen) atoms. The summed E-state index contributed by atoms with van der Waals surface area (Å²) in [6.45, 7) is 3.10. The van der Waals surface area contributed by atoms with E-state index in [1.807, 2.05) is 11.8 Å². The molecule has 0 aliphatic carbocycles. The van der Waals surface area contributed by atoms with E-state index in [9.17, 15) is 0 Å². The maximum Gasteiger partial charge on any atom is 0.223 e. The molecule has 2 heterocycles. The van der Waals surface area contributed by atoms with Crippen LogP contribution in [0.3, 0.4) is 0 Å². The average Bonchev–Trinajstić information content (AvgIpc) is 2.89. The quantitative estimate of drug-likeness (QED) is 0.678. The van der Waals surface area contributed by atoms with Crippen molar-refractivity contribution in [2.24, 2.45) is 0 Å². The minimum atomic E-state index is 0.356. The molecule has 3 N–H and O–H groups in total. The van der Waals surface area contributed by atoms with E-state index in [2.05, 4.69) is 34.5 Å². The van der Waals surface area contributed by atoms with Crippen molar-refractivity contribution in [3.8, 4) is 0 Å². The van der Waals surface area contributed by atoms with Crippen LogP contribution in [0.5, 0.6) is 0 Å². The monoisotopic (exact) mass is 324 g/mol. The van der Waals surface area contributed by atoms with Crippen LogP contribution in [-0.4, -0.2) is 28.5 Å². The van der Waals surface area contributed by atoms with Crippen molar-refractivity contribution in [3.05, 3.63) is 10.9 Å². The van der Waals surface area contributed by atoms with E-state index in [1.165, 1.54) is 36.3 Å². The Bertz CT molecular complexity index is 568. The van der Waals surface area contributed by atoms with E-state index in [1.54, 1.807) is 11.3 Å². The predicted molar refractivity (Wildman–Crippen MR) is 96.5 cm³/mol. The fourth-order valence-electron chi connectivity index (χ4n) is 2.23. The smallest absolute Gasteiger partial charge is 0.223 e. The SMILES string of the molecule is CCc1cc2c(NCCCCCCSC)nc(N)nc2s1. The molecule has 0 spiro atoms. The van der Waals surface area contributed by atoms with Crippen LogP contribution in [0.4, 0.5) is 11.8 Å². The third-order valence-corrected chi connectivity index (χ3v) is 5.25. The van der Waals surface area contributed by atoms with Gasteiger partial charge < -0.3 is 11.1 Å². The molecule has 0 fully saturated rings. The number of aryl methyl sites for hydroxylation is 1. The molecule has 116 valence electrons. The molecule has 2 aromatic rings. The third kappa shape index (κ3) is 4.74. The van der Waals surface area contributed by atoms with E-state index < -0.39 is 0 Å². The van der Waals surface area contributed by atoms with Crippen molar-refractivity contribution in [3.63, 3.8) is 0 Å². The molecule has 2 aromatic heterocycles. The molecule has 0 aromatic carbocycles. The number of rotatable bonds is 9. The topological polar surface area (TPSA) is 63.8 Å². The van der Waals surface area contributed by atoms with Crippen LogP contribution in [0.15, 0.2) is 6.07 Å². The van der Waals surface area contributed by atoms with Crippen LogP contribution in [-0.2, 0) is 6.42 Å². The molecule has 4 nitrogen and oxygen atoms in total. The molecule has 0 amide bonds. The van der Waals surface area contributed by atoms with Crippen LogP contribution in [0.25, 0.3) is 10.2 Å². The molecule has 2 rings (SSSR count). The molecule has 0 saturated heterocycles. The largest absolute Gasteiger partial charge is 0.369 e. The van der Waals surface area contributed by atoms with Gasteiger partial charge >= 0.3 is 0 Å². The first-order valence-corrected chi connectivity index (χ1v) is 9.74. The summed E-state index contributed by atoms with van der Waals surface area (Å²) >= 11 is 3.63. The first kappa shape index (κ1) is 16.4. The van der Waals surface area contributed by atoms with Gasteiger partial charge in [-0.2, -0.15) is 16.7 Å². The minimum absolute atomic E-state index is 0.356. The standard InChI is InChI=1S/C15H24N4S2/c1-3-11-10-12-13(18-15(16)19-14(12)21-11)17-8-6-4-5-7-9-20-2/h10H,3-9H2,1-2H3,(H3,16,17,18,19). The number of nitrogens with two attached hydrogens (primary N) is 1. The van der Waals surface area contributed by atoms with Crippen LogP contribution in [0.2, 0.25) is 0 Å². The van der Waals surface area contributed by atoms with Crippen molar-refractivity contribution in [1.82, 2.24) is 9.97 Å². The zero-order chi connectivity index (χ0) is 15.1. The number of thiophene rings is 1. The van der Waals surface area contributed by atoms with Crippen molar-refractivity contribution in [1.29, 1.82) is 0 Å². The van der Waals surface area contributed by atoms with Crippen LogP contribution in [0, 0.1) is 0 Å². The molecule has 0 bridgehead atoms. The second kappa shape index (κ2) is 8.44. The number of nitrogens with zero attached hydrogens (tertiary/aromatic N) is 2. The lowest BCUT2D eigenvalue weighted by Crippen LogP contribution is -2.06. The van der Waals surface area contributed by atoms with Gasteiger partial charge in [-0.25, -0.2) is 4.98 Å². The van der Waals surface area contributed by atoms with E-state index in [-0.39, 0.29) is 0 Å². The normalized spacial score (nSPS) is 11.1. The highest BCUT2D eigenvalue weighted by atomic mass is 32.2. The predicted octanol–water partition coefficient (Wildman–Crippen LogP) is 4.17. The highest BCUT2D eigenvalue weighted by Crippen LogP contribution is 2.29. The third-order valence-electron chi connectivity index (χ3n) is 3.38. The first-order valence-electron chi connectivity index (χ1n) is 7.53. The van der Waals surface area contributed by atoms with Crippen LogP contribution in [0.1, 0.15) is 37.5 Å². The molecular weight excluding hydrogens is 300 g/mol. The Balaban J connectivity index is 1.90. The van der Waals surface area contributed by atoms with Gasteiger partial charge in [-0.15, -0.1) is 11.3 Å². The average molecular weight is 325 g/mol. The molecular formula is C15H24N4S2. The molecule has 0 unspecified atom stereocenters. The Morgan fingerprint density at radius 1 is 1.24 bits per heavy atom. The van der Waals surface area contributed by atoms with Crippen LogP contribution < -0.4 is 11.1 Å². The number of nitrogen functional groups attached to an aromatic ring is 1. The van der Waals surface area contributed by atoms with Gasteiger partial charge in [0.25, 0.3) is 0 Å². The van der Waals surface area contributed by atoms with Gasteiger partial charge in [0.05, 0.1) is 5.39 Å². The van der Waals surface area contributed by atoms with E-state index in [0.717, 1.165) is 29.0 Å². The van der Waals surface area contributed by atoms with E-state index in [4.69, 9.17) is 5.73 Å². The van der Waals surface area contributed by atoms with Gasteiger partial charge in [-0.3, -0.25) is 0 Å². The number of fused-ring (bicyclic) bond motifs is 1. The van der Waals surface area contributed by atoms with Crippen molar-refractivity contribution in [2.45, 2.75) is 39.0 Å². The zero-order valence-corrected chi connectivity index (χ0v) is 14.4. The molecule has 0 atom stereocenters. The summed E-state index contributed by atoms with van der Waals surface area (Å²) in [4.78, 5) is 11.0. The summed E-state index contributed by atoms with van der Waals surface area (Å²) in [6.07, 6.45) is 8.25. The lowest BCUT2D eigenvalue weighted by Gasteiger charge is -2.07. The minimum Gasteiger partial charge on any atom is -0.369 e. The summed E-state index contributed by atoms with van der Waals surface area (Å²) < 4.78 is 0. The Hall–Kier alpha value is -1.01. The molecule has 0 saturated carbocycles. The maximum atomic E-state index is 5.80. The van der Waals surface area contributed by atoms with Gasteiger partial charge in [0.15, 0.2) is 0 Å². The van der Waals surface area contributed by atoms with E-state index in [0.29, 0.717) is 5.95 Å². The summed E-state index contributed by atoms with van der Waals surface area (Å²) in [5.74, 6) is 2.51. The number of anilines is 2. The van der Waals surface area contributed by atoms with Gasteiger partial charge in [-0.05, 0) is 37.3 Å². The number of hydrogen-bond acceptors (Lipinski definition) is 6. The molecule has 0 aliphatic rings. The summed E-state index contributed by atoms with van der Waals surface area (Å²) in [6, 6.07) is 2.18. The Morgan fingerprint density at radius 2 is 2.05 bits per heavy atom. The number of unbranched alkanes of at least 4 members (excludes halogenated alkanes) is 3. The fraction of sp³-hybridized carbons (Fsp3) is 0.600. The molecule has 6 heteroatoms. The number of hydrogen-bond donors (Lipinski definition) is 2. The summed E-state index contributed by atoms with van der Waals surface area (Å²) in [5.41, 5.74) is 5.80. The van der Waals surface area contributed by atoms with Crippen LogP contribution >= 0.6 is 23.1 Å². The van der Waals surface area contributed by atoms with Crippen molar-refractivity contribution >= 4 is 45.1 Å². The number of aromatic nitrogens is 2. The lowest BCUT2D eigenvalue weighted by molar-refractivity contribution is 0.688. The zero-order valence-electron chi connectivity index (χ0n) is 12.8. The fourth-order valence-corrected chi connectivity index (χ4v) is 3.70. The summed E-state index contributed by atoms with van der Waals surface area (Å²) in [5, 5.41) is 4.53. The Labute approximate surface area is 134 Å². The van der Waals surface area contributed by atoms with Crippen molar-refractivity contribution in [2.75, 3.05) is 29.6 Å². The second-order valence-electron chi connectivity index (χ2n) is 5.05. The maximum absolute atomic E-state index is 5.80. The number of thioether (sulfide) groups is 1. The highest BCUT2D eigenvalue weighted by molar-refractivity contribution is 7.98. The van der Waals surface area contributed by atoms with E-state index >= 15 is 0 Å². The second-order valence-corrected chi connectivity index (χ2v) is 7.15. The first-order chi connectivity index (χ1) is 10.2. The Kier molecular flexibility index (Phi) is 6.57. The molecule has 0 radical (unpaired) electrons.